The number of Topliss-reactive ketones (excluding diaryl/α,β-unsaturated/α-hetero) is 2. The maximum absolute atomic E-state index is 14.1. The second kappa shape index (κ2) is 8.31. The number of carbonyl (C=O) groups excluding carboxylic acids is 2. The van der Waals surface area contributed by atoms with Crippen molar-refractivity contribution >= 4 is 34.2 Å². The fraction of sp³-hybridized carbons (Fsp3) is 0.346. The van der Waals surface area contributed by atoms with E-state index < -0.39 is 34.3 Å². The summed E-state index contributed by atoms with van der Waals surface area (Å²) in [6, 6.07) is 2.86. The number of aromatic nitrogens is 3. The van der Waals surface area contributed by atoms with Gasteiger partial charge in [0, 0.05) is 24.6 Å². The molecule has 1 aliphatic carbocycles. The van der Waals surface area contributed by atoms with Crippen LogP contribution in [0.4, 0.5) is 0 Å². The number of benzene rings is 1. The summed E-state index contributed by atoms with van der Waals surface area (Å²) < 4.78 is 19.1. The van der Waals surface area contributed by atoms with Gasteiger partial charge in [0.05, 0.1) is 31.8 Å². The number of aryl methyl sites for hydroxylation is 1. The molecule has 2 aliphatic rings. The molecule has 2 aromatic heterocycles. The van der Waals surface area contributed by atoms with Crippen molar-refractivity contribution in [3.63, 3.8) is 0 Å². The first kappa shape index (κ1) is 24.8. The molecule has 3 heterocycles. The zero-order chi connectivity index (χ0) is 27.0. The monoisotopic (exact) mass is 525 g/mol. The van der Waals surface area contributed by atoms with Crippen molar-refractivity contribution in [3.8, 4) is 17.2 Å². The Balaban J connectivity index is 1.74. The van der Waals surface area contributed by atoms with Gasteiger partial charge in [-0.25, -0.2) is 9.78 Å². The van der Waals surface area contributed by atoms with Crippen molar-refractivity contribution in [2.24, 2.45) is 13.0 Å². The van der Waals surface area contributed by atoms with Gasteiger partial charge < -0.3 is 14.2 Å². The Morgan fingerprint density at radius 2 is 1.86 bits per heavy atom. The summed E-state index contributed by atoms with van der Waals surface area (Å²) in [4.78, 5) is 58.6. The van der Waals surface area contributed by atoms with E-state index in [1.54, 1.807) is 13.8 Å². The third-order valence-electron chi connectivity index (χ3n) is 7.01. The maximum Gasteiger partial charge on any atom is 0.332 e. The number of hydrogen-bond donors (Lipinski definition) is 0. The third-order valence-corrected chi connectivity index (χ3v) is 7.37. The lowest BCUT2D eigenvalue weighted by molar-refractivity contribution is 0.0257. The highest BCUT2D eigenvalue weighted by Gasteiger charge is 2.62. The van der Waals surface area contributed by atoms with Crippen LogP contribution in [0.25, 0.3) is 11.0 Å². The van der Waals surface area contributed by atoms with E-state index in [1.165, 1.54) is 38.0 Å². The Morgan fingerprint density at radius 1 is 1.19 bits per heavy atom. The molecule has 0 fully saturated rings. The van der Waals surface area contributed by atoms with Crippen LogP contribution >= 0.6 is 11.6 Å². The van der Waals surface area contributed by atoms with Crippen molar-refractivity contribution in [1.29, 1.82) is 0 Å². The van der Waals surface area contributed by atoms with E-state index >= 15 is 0 Å². The summed E-state index contributed by atoms with van der Waals surface area (Å²) >= 11 is 6.47. The van der Waals surface area contributed by atoms with Gasteiger partial charge >= 0.3 is 5.69 Å². The molecule has 1 spiro atoms. The summed E-state index contributed by atoms with van der Waals surface area (Å²) in [5.74, 6) is -1.49. The Hall–Kier alpha value is -3.92. The van der Waals surface area contributed by atoms with Gasteiger partial charge in [0.15, 0.2) is 5.75 Å². The molecule has 0 unspecified atom stereocenters. The van der Waals surface area contributed by atoms with Crippen LogP contribution in [0, 0.1) is 5.92 Å². The average molecular weight is 526 g/mol. The molecule has 0 radical (unpaired) electrons. The van der Waals surface area contributed by atoms with Gasteiger partial charge in [-0.15, -0.1) is 0 Å². The SMILES string of the molecule is C=C(C)Cn1c(=O)c2cc3c(nc2n(C)c1=O)C[C@@H](C)[C@]1(Oc2c(Cl)c(OC)cc(OC)c2C1=O)C3=O. The van der Waals surface area contributed by atoms with Crippen LogP contribution in [0.5, 0.6) is 17.2 Å². The molecule has 0 saturated carbocycles. The summed E-state index contributed by atoms with van der Waals surface area (Å²) in [5.41, 5.74) is -1.82. The number of carbonyl (C=O) groups is 2. The Morgan fingerprint density at radius 3 is 2.49 bits per heavy atom. The smallest absolute Gasteiger partial charge is 0.332 e. The number of hydrogen-bond acceptors (Lipinski definition) is 8. The highest BCUT2D eigenvalue weighted by atomic mass is 35.5. The molecule has 0 saturated heterocycles. The van der Waals surface area contributed by atoms with E-state index in [0.717, 1.165) is 4.57 Å². The Bertz CT molecular complexity index is 1690. The van der Waals surface area contributed by atoms with Crippen LogP contribution < -0.4 is 25.5 Å². The second-order valence-electron chi connectivity index (χ2n) is 9.44. The largest absolute Gasteiger partial charge is 0.496 e. The molecule has 0 bridgehead atoms. The quantitative estimate of drug-likeness (QED) is 0.377. The fourth-order valence-corrected chi connectivity index (χ4v) is 5.42. The number of allylic oxidation sites excluding steroid dienone is 1. The molecule has 11 heteroatoms. The summed E-state index contributed by atoms with van der Waals surface area (Å²) in [6.07, 6.45) is 0.177. The van der Waals surface area contributed by atoms with E-state index in [1.807, 2.05) is 0 Å². The minimum absolute atomic E-state index is 0.00600. The molecule has 37 heavy (non-hydrogen) atoms. The molecule has 1 aliphatic heterocycles. The van der Waals surface area contributed by atoms with Crippen molar-refractivity contribution in [3.05, 3.63) is 67.0 Å². The lowest BCUT2D eigenvalue weighted by Gasteiger charge is -2.36. The van der Waals surface area contributed by atoms with E-state index in [4.69, 9.17) is 25.8 Å². The predicted molar refractivity (Wildman–Crippen MR) is 136 cm³/mol. The van der Waals surface area contributed by atoms with Gasteiger partial charge in [-0.1, -0.05) is 30.7 Å². The normalized spacial score (nSPS) is 20.1. The van der Waals surface area contributed by atoms with Crippen LogP contribution in [0.3, 0.4) is 0 Å². The van der Waals surface area contributed by atoms with Crippen LogP contribution in [-0.2, 0) is 20.0 Å². The van der Waals surface area contributed by atoms with Gasteiger partial charge in [-0.05, 0) is 19.4 Å². The number of rotatable bonds is 4. The molecular formula is C26H24ClN3O7. The molecule has 192 valence electrons. The molecule has 1 aromatic carbocycles. The number of halogens is 1. The summed E-state index contributed by atoms with van der Waals surface area (Å²) in [6.45, 7) is 7.21. The molecule has 5 rings (SSSR count). The lowest BCUT2D eigenvalue weighted by atomic mass is 9.71. The van der Waals surface area contributed by atoms with Gasteiger partial charge in [-0.3, -0.25) is 23.5 Å². The summed E-state index contributed by atoms with van der Waals surface area (Å²) in [5, 5.41) is 0.115. The Kier molecular flexibility index (Phi) is 5.56. The van der Waals surface area contributed by atoms with E-state index in [9.17, 15) is 19.2 Å². The minimum atomic E-state index is -1.93. The summed E-state index contributed by atoms with van der Waals surface area (Å²) in [7, 11) is 4.31. The number of methoxy groups -OCH3 is 2. The second-order valence-corrected chi connectivity index (χ2v) is 9.82. The van der Waals surface area contributed by atoms with Gasteiger partial charge in [0.2, 0.25) is 17.2 Å². The molecule has 0 amide bonds. The van der Waals surface area contributed by atoms with Crippen LogP contribution in [-0.4, -0.2) is 45.5 Å². The van der Waals surface area contributed by atoms with Gasteiger partial charge in [0.25, 0.3) is 5.56 Å². The molecule has 10 nitrogen and oxygen atoms in total. The Labute approximate surface area is 216 Å². The maximum atomic E-state index is 14.1. The van der Waals surface area contributed by atoms with E-state index in [-0.39, 0.29) is 57.4 Å². The molecular weight excluding hydrogens is 502 g/mol. The third kappa shape index (κ3) is 3.21. The van der Waals surface area contributed by atoms with E-state index in [0.29, 0.717) is 11.3 Å². The lowest BCUT2D eigenvalue weighted by Crippen LogP contribution is -2.57. The van der Waals surface area contributed by atoms with Crippen LogP contribution in [0.15, 0.2) is 33.9 Å². The van der Waals surface area contributed by atoms with Crippen molar-refractivity contribution in [2.75, 3.05) is 14.2 Å². The van der Waals surface area contributed by atoms with Gasteiger partial charge in [0.1, 0.15) is 27.7 Å². The first-order chi connectivity index (χ1) is 17.5. The van der Waals surface area contributed by atoms with Crippen LogP contribution in [0.2, 0.25) is 5.02 Å². The molecule has 3 aromatic rings. The first-order valence-electron chi connectivity index (χ1n) is 11.5. The molecule has 2 atom stereocenters. The zero-order valence-corrected chi connectivity index (χ0v) is 21.7. The van der Waals surface area contributed by atoms with Crippen molar-refractivity contribution in [1.82, 2.24) is 14.1 Å². The first-order valence-corrected chi connectivity index (χ1v) is 11.9. The number of ether oxygens (including phenoxy) is 3. The topological polar surface area (TPSA) is 119 Å². The highest BCUT2D eigenvalue weighted by molar-refractivity contribution is 6.36. The standard InChI is InChI=1S/C26H24ClN3O7/c1-11(2)10-30-24(33)14-8-13-15(28-23(14)29(4)25(30)34)7-12(3)26(21(13)31)22(32)18-16(35-5)9-17(36-6)19(27)20(18)37-26/h8-9,12H,1,7,10H2,2-6H3/t12-,26+/m1/s1. The average Bonchev–Trinajstić information content (AvgIpc) is 3.18. The van der Waals surface area contributed by atoms with Gasteiger partial charge in [-0.2, -0.15) is 0 Å². The van der Waals surface area contributed by atoms with Crippen LogP contribution in [0.1, 0.15) is 40.3 Å². The van der Waals surface area contributed by atoms with Crippen molar-refractivity contribution in [2.45, 2.75) is 32.4 Å². The number of fused-ring (bicyclic) bond motifs is 3. The molecule has 0 N–H and O–H groups in total. The van der Waals surface area contributed by atoms with E-state index in [2.05, 4.69) is 11.6 Å². The minimum Gasteiger partial charge on any atom is -0.496 e. The number of ketones is 2. The predicted octanol–water partition coefficient (Wildman–Crippen LogP) is 2.73. The zero-order valence-electron chi connectivity index (χ0n) is 20.9. The number of pyridine rings is 1. The van der Waals surface area contributed by atoms with Crippen molar-refractivity contribution < 1.29 is 23.8 Å². The fourth-order valence-electron chi connectivity index (χ4n) is 5.15. The highest BCUT2D eigenvalue weighted by Crippen LogP contribution is 2.53. The number of nitrogens with zero attached hydrogens (tertiary/aromatic N) is 3.